The molecule has 0 saturated heterocycles. The molecule has 1 heterocycles. The van der Waals surface area contributed by atoms with Crippen LogP contribution in [-0.2, 0) is 11.3 Å². The maximum absolute atomic E-state index is 14.4. The first-order chi connectivity index (χ1) is 12.7. The van der Waals surface area contributed by atoms with Gasteiger partial charge < -0.3 is 9.47 Å². The van der Waals surface area contributed by atoms with Gasteiger partial charge in [-0.1, -0.05) is 38.1 Å². The SMILES string of the molecule is CCCN(CCC)C(=O)Cn1c(-c2ccccc2F)nc2ccccc21. The average Bonchev–Trinajstić information content (AvgIpc) is 3.00. The van der Waals surface area contributed by atoms with Gasteiger partial charge in [-0.3, -0.25) is 4.79 Å². The summed E-state index contributed by atoms with van der Waals surface area (Å²) in [5, 5.41) is 0. The number of nitrogens with zero attached hydrogens (tertiary/aromatic N) is 3. The van der Waals surface area contributed by atoms with Crippen LogP contribution in [0.2, 0.25) is 0 Å². The molecule has 26 heavy (non-hydrogen) atoms. The lowest BCUT2D eigenvalue weighted by Crippen LogP contribution is -2.35. The summed E-state index contributed by atoms with van der Waals surface area (Å²) in [7, 11) is 0. The second-order valence-electron chi connectivity index (χ2n) is 6.37. The monoisotopic (exact) mass is 353 g/mol. The van der Waals surface area contributed by atoms with Crippen LogP contribution in [-0.4, -0.2) is 33.4 Å². The molecule has 0 unspecified atom stereocenters. The van der Waals surface area contributed by atoms with Crippen molar-refractivity contribution in [3.63, 3.8) is 0 Å². The van der Waals surface area contributed by atoms with Crippen molar-refractivity contribution in [2.45, 2.75) is 33.2 Å². The first-order valence-electron chi connectivity index (χ1n) is 9.13. The molecule has 0 fully saturated rings. The van der Waals surface area contributed by atoms with Gasteiger partial charge in [0.25, 0.3) is 0 Å². The summed E-state index contributed by atoms with van der Waals surface area (Å²) in [6.07, 6.45) is 1.83. The number of benzene rings is 2. The van der Waals surface area contributed by atoms with Gasteiger partial charge in [0.2, 0.25) is 5.91 Å². The van der Waals surface area contributed by atoms with Gasteiger partial charge >= 0.3 is 0 Å². The first-order valence-corrected chi connectivity index (χ1v) is 9.13. The van der Waals surface area contributed by atoms with E-state index in [1.54, 1.807) is 18.2 Å². The molecule has 4 nitrogen and oxygen atoms in total. The van der Waals surface area contributed by atoms with Gasteiger partial charge in [-0.15, -0.1) is 0 Å². The van der Waals surface area contributed by atoms with Crippen molar-refractivity contribution in [1.82, 2.24) is 14.5 Å². The number of fused-ring (bicyclic) bond motifs is 1. The minimum absolute atomic E-state index is 0.0365. The van der Waals surface area contributed by atoms with E-state index in [0.29, 0.717) is 11.4 Å². The molecular formula is C21H24FN3O. The molecule has 0 spiro atoms. The van der Waals surface area contributed by atoms with Gasteiger partial charge in [0, 0.05) is 13.1 Å². The Morgan fingerprint density at radius 3 is 2.38 bits per heavy atom. The number of imidazole rings is 1. The summed E-state index contributed by atoms with van der Waals surface area (Å²) in [6, 6.07) is 14.2. The maximum atomic E-state index is 14.4. The van der Waals surface area contributed by atoms with E-state index in [-0.39, 0.29) is 18.3 Å². The highest BCUT2D eigenvalue weighted by Crippen LogP contribution is 2.27. The number of amides is 1. The van der Waals surface area contributed by atoms with Crippen LogP contribution in [0.4, 0.5) is 4.39 Å². The van der Waals surface area contributed by atoms with Gasteiger partial charge in [-0.25, -0.2) is 9.37 Å². The van der Waals surface area contributed by atoms with E-state index in [1.165, 1.54) is 6.07 Å². The number of halogens is 1. The summed E-state index contributed by atoms with van der Waals surface area (Å²) in [5.74, 6) is 0.190. The summed E-state index contributed by atoms with van der Waals surface area (Å²) < 4.78 is 16.2. The van der Waals surface area contributed by atoms with Gasteiger partial charge in [0.1, 0.15) is 18.2 Å². The Kier molecular flexibility index (Phi) is 5.66. The van der Waals surface area contributed by atoms with E-state index in [4.69, 9.17) is 0 Å². The number of para-hydroxylation sites is 2. The molecule has 0 aliphatic rings. The van der Waals surface area contributed by atoms with Crippen LogP contribution in [0, 0.1) is 5.82 Å². The van der Waals surface area contributed by atoms with Crippen LogP contribution >= 0.6 is 0 Å². The number of carbonyl (C=O) groups is 1. The number of carbonyl (C=O) groups excluding carboxylic acids is 1. The van der Waals surface area contributed by atoms with Crippen molar-refractivity contribution in [3.05, 3.63) is 54.3 Å². The molecule has 0 radical (unpaired) electrons. The summed E-state index contributed by atoms with van der Waals surface area (Å²) in [6.45, 7) is 5.74. The van der Waals surface area contributed by atoms with E-state index in [9.17, 15) is 9.18 Å². The minimum Gasteiger partial charge on any atom is -0.341 e. The number of hydrogen-bond acceptors (Lipinski definition) is 2. The van der Waals surface area contributed by atoms with Crippen molar-refractivity contribution in [3.8, 4) is 11.4 Å². The average molecular weight is 353 g/mol. The lowest BCUT2D eigenvalue weighted by atomic mass is 10.2. The Labute approximate surface area is 153 Å². The molecule has 0 N–H and O–H groups in total. The van der Waals surface area contributed by atoms with E-state index in [0.717, 1.165) is 37.0 Å². The fourth-order valence-corrected chi connectivity index (χ4v) is 3.22. The molecule has 2 aromatic carbocycles. The molecule has 0 atom stereocenters. The summed E-state index contributed by atoms with van der Waals surface area (Å²) >= 11 is 0. The Morgan fingerprint density at radius 2 is 1.69 bits per heavy atom. The van der Waals surface area contributed by atoms with Crippen LogP contribution in [0.3, 0.4) is 0 Å². The molecule has 1 aromatic heterocycles. The number of hydrogen-bond donors (Lipinski definition) is 0. The lowest BCUT2D eigenvalue weighted by Gasteiger charge is -2.22. The zero-order valence-corrected chi connectivity index (χ0v) is 15.3. The molecule has 1 amide bonds. The molecule has 136 valence electrons. The number of aromatic nitrogens is 2. The standard InChI is InChI=1S/C21H24FN3O/c1-3-13-24(14-4-2)20(26)15-25-19-12-8-7-11-18(19)23-21(25)16-9-5-6-10-17(16)22/h5-12H,3-4,13-15H2,1-2H3. The highest BCUT2D eigenvalue weighted by Gasteiger charge is 2.19. The van der Waals surface area contributed by atoms with E-state index in [1.807, 2.05) is 33.7 Å². The van der Waals surface area contributed by atoms with Crippen molar-refractivity contribution >= 4 is 16.9 Å². The smallest absolute Gasteiger partial charge is 0.242 e. The highest BCUT2D eigenvalue weighted by atomic mass is 19.1. The fraction of sp³-hybridized carbons (Fsp3) is 0.333. The summed E-state index contributed by atoms with van der Waals surface area (Å²) in [4.78, 5) is 19.4. The van der Waals surface area contributed by atoms with Gasteiger partial charge in [-0.05, 0) is 37.1 Å². The molecule has 0 bridgehead atoms. The van der Waals surface area contributed by atoms with Crippen LogP contribution in [0.25, 0.3) is 22.4 Å². The van der Waals surface area contributed by atoms with Crippen LogP contribution < -0.4 is 0 Å². The van der Waals surface area contributed by atoms with Crippen LogP contribution in [0.5, 0.6) is 0 Å². The van der Waals surface area contributed by atoms with Gasteiger partial charge in [0.05, 0.1) is 16.6 Å². The maximum Gasteiger partial charge on any atom is 0.242 e. The Balaban J connectivity index is 2.05. The third kappa shape index (κ3) is 3.62. The molecular weight excluding hydrogens is 329 g/mol. The second kappa shape index (κ2) is 8.13. The van der Waals surface area contributed by atoms with Crippen molar-refractivity contribution < 1.29 is 9.18 Å². The predicted molar refractivity (Wildman–Crippen MR) is 102 cm³/mol. The lowest BCUT2D eigenvalue weighted by molar-refractivity contribution is -0.131. The minimum atomic E-state index is -0.338. The number of rotatable bonds is 7. The quantitative estimate of drug-likeness (QED) is 0.628. The molecule has 3 rings (SSSR count). The van der Waals surface area contributed by atoms with E-state index < -0.39 is 0 Å². The molecule has 0 aliphatic carbocycles. The molecule has 3 aromatic rings. The largest absolute Gasteiger partial charge is 0.341 e. The van der Waals surface area contributed by atoms with Crippen molar-refractivity contribution in [1.29, 1.82) is 0 Å². The highest BCUT2D eigenvalue weighted by molar-refractivity contribution is 5.84. The second-order valence-corrected chi connectivity index (χ2v) is 6.37. The molecule has 0 saturated carbocycles. The van der Waals surface area contributed by atoms with Crippen molar-refractivity contribution in [2.24, 2.45) is 0 Å². The zero-order valence-electron chi connectivity index (χ0n) is 15.3. The van der Waals surface area contributed by atoms with Crippen molar-refractivity contribution in [2.75, 3.05) is 13.1 Å². The Hall–Kier alpha value is -2.69. The van der Waals surface area contributed by atoms with Gasteiger partial charge in [0.15, 0.2) is 0 Å². The predicted octanol–water partition coefficient (Wildman–Crippen LogP) is 4.49. The molecule has 0 aliphatic heterocycles. The Morgan fingerprint density at radius 1 is 1.04 bits per heavy atom. The van der Waals surface area contributed by atoms with E-state index in [2.05, 4.69) is 18.8 Å². The zero-order chi connectivity index (χ0) is 18.5. The van der Waals surface area contributed by atoms with Gasteiger partial charge in [-0.2, -0.15) is 0 Å². The van der Waals surface area contributed by atoms with Crippen LogP contribution in [0.1, 0.15) is 26.7 Å². The van der Waals surface area contributed by atoms with Crippen LogP contribution in [0.15, 0.2) is 48.5 Å². The molecule has 5 heteroatoms. The Bertz CT molecular complexity index is 897. The third-order valence-electron chi connectivity index (χ3n) is 4.40. The first kappa shape index (κ1) is 18.1. The van der Waals surface area contributed by atoms with E-state index >= 15 is 0 Å². The fourth-order valence-electron chi connectivity index (χ4n) is 3.22. The third-order valence-corrected chi connectivity index (χ3v) is 4.40. The topological polar surface area (TPSA) is 38.1 Å². The normalized spacial score (nSPS) is 11.0. The summed E-state index contributed by atoms with van der Waals surface area (Å²) in [5.41, 5.74) is 2.01.